The van der Waals surface area contributed by atoms with E-state index in [1.54, 1.807) is 0 Å². The molecule has 1 N–H and O–H groups in total. The molecule has 8 heteroatoms. The van der Waals surface area contributed by atoms with E-state index < -0.39 is 0 Å². The molecule has 0 unspecified atom stereocenters. The standard InChI is InChI=1S/C18H30N4OS2.HI/c1-19-17(20-15-18(24-2)5-11-23-12-6-18)22-9-7-21(8-10-22)14-16-4-3-13-25-16;/h3-4,13H,5-12,14-15H2,1-2H3,(H,19,20);1H. The lowest BCUT2D eigenvalue weighted by atomic mass is 9.99. The zero-order valence-corrected chi connectivity index (χ0v) is 19.7. The van der Waals surface area contributed by atoms with Gasteiger partial charge in [-0.25, -0.2) is 0 Å². The van der Waals surface area contributed by atoms with Gasteiger partial charge >= 0.3 is 0 Å². The first kappa shape index (κ1) is 22.3. The molecule has 0 aromatic carbocycles. The van der Waals surface area contributed by atoms with Crippen LogP contribution in [0.4, 0.5) is 0 Å². The maximum Gasteiger partial charge on any atom is 0.193 e. The number of aliphatic imine (C=N–C) groups is 1. The lowest BCUT2D eigenvalue weighted by Crippen LogP contribution is -2.54. The number of ether oxygens (including phenoxy) is 1. The fourth-order valence-electron chi connectivity index (χ4n) is 3.51. The largest absolute Gasteiger partial charge is 0.381 e. The molecule has 3 heterocycles. The van der Waals surface area contributed by atoms with Crippen molar-refractivity contribution in [3.05, 3.63) is 22.4 Å². The van der Waals surface area contributed by atoms with Crippen LogP contribution in [-0.2, 0) is 11.3 Å². The van der Waals surface area contributed by atoms with Crippen LogP contribution in [0.3, 0.4) is 0 Å². The van der Waals surface area contributed by atoms with Gasteiger partial charge in [0.25, 0.3) is 0 Å². The van der Waals surface area contributed by atoms with Gasteiger partial charge in [0.1, 0.15) is 0 Å². The van der Waals surface area contributed by atoms with Crippen LogP contribution in [0.15, 0.2) is 22.5 Å². The van der Waals surface area contributed by atoms with Gasteiger partial charge in [-0.3, -0.25) is 9.89 Å². The number of nitrogens with one attached hydrogen (secondary N) is 1. The van der Waals surface area contributed by atoms with Crippen molar-refractivity contribution in [2.75, 3.05) is 59.2 Å². The lowest BCUT2D eigenvalue weighted by Gasteiger charge is -2.39. The van der Waals surface area contributed by atoms with E-state index >= 15 is 0 Å². The molecule has 2 aliphatic rings. The Morgan fingerprint density at radius 1 is 1.31 bits per heavy atom. The van der Waals surface area contributed by atoms with Crippen molar-refractivity contribution in [3.8, 4) is 0 Å². The van der Waals surface area contributed by atoms with Gasteiger partial charge in [-0.2, -0.15) is 11.8 Å². The number of nitrogens with zero attached hydrogens (tertiary/aromatic N) is 3. The van der Waals surface area contributed by atoms with Crippen LogP contribution in [0.2, 0.25) is 0 Å². The fraction of sp³-hybridized carbons (Fsp3) is 0.722. The van der Waals surface area contributed by atoms with Gasteiger partial charge in [-0.1, -0.05) is 6.07 Å². The molecule has 1 aromatic rings. The number of guanidine groups is 1. The minimum atomic E-state index is 0. The Labute approximate surface area is 183 Å². The fourth-order valence-corrected chi connectivity index (χ4v) is 5.05. The molecular formula is C18H31IN4OS2. The van der Waals surface area contributed by atoms with E-state index in [2.05, 4.69) is 43.9 Å². The lowest BCUT2D eigenvalue weighted by molar-refractivity contribution is 0.0779. The first-order chi connectivity index (χ1) is 12.2. The molecule has 5 nitrogen and oxygen atoms in total. The third-order valence-electron chi connectivity index (χ3n) is 5.25. The van der Waals surface area contributed by atoms with Crippen molar-refractivity contribution < 1.29 is 4.74 Å². The van der Waals surface area contributed by atoms with Gasteiger partial charge in [-0.05, 0) is 30.5 Å². The summed E-state index contributed by atoms with van der Waals surface area (Å²) < 4.78 is 5.83. The number of hydrogen-bond acceptors (Lipinski definition) is 5. The Morgan fingerprint density at radius 3 is 2.62 bits per heavy atom. The van der Waals surface area contributed by atoms with E-state index in [9.17, 15) is 0 Å². The summed E-state index contributed by atoms with van der Waals surface area (Å²) in [5, 5.41) is 5.81. The van der Waals surface area contributed by atoms with Crippen LogP contribution < -0.4 is 5.32 Å². The summed E-state index contributed by atoms with van der Waals surface area (Å²) in [7, 11) is 1.90. The molecule has 2 fully saturated rings. The topological polar surface area (TPSA) is 40.1 Å². The highest BCUT2D eigenvalue weighted by Gasteiger charge is 2.32. The molecule has 0 spiro atoms. The van der Waals surface area contributed by atoms with Crippen molar-refractivity contribution >= 4 is 53.0 Å². The van der Waals surface area contributed by atoms with Crippen molar-refractivity contribution in [2.24, 2.45) is 4.99 Å². The van der Waals surface area contributed by atoms with Crippen molar-refractivity contribution in [1.82, 2.24) is 15.1 Å². The molecule has 0 saturated carbocycles. The second kappa shape index (κ2) is 11.1. The van der Waals surface area contributed by atoms with Crippen LogP contribution in [0.1, 0.15) is 17.7 Å². The van der Waals surface area contributed by atoms with E-state index in [1.807, 2.05) is 30.1 Å². The van der Waals surface area contributed by atoms with Gasteiger partial charge in [0.15, 0.2) is 5.96 Å². The average molecular weight is 511 g/mol. The first-order valence-electron chi connectivity index (χ1n) is 9.08. The molecule has 26 heavy (non-hydrogen) atoms. The van der Waals surface area contributed by atoms with Gasteiger partial charge in [-0.15, -0.1) is 35.3 Å². The Bertz CT molecular complexity index is 541. The van der Waals surface area contributed by atoms with Crippen LogP contribution in [0.25, 0.3) is 0 Å². The normalized spacial score (nSPS) is 21.3. The maximum absolute atomic E-state index is 5.54. The minimum absolute atomic E-state index is 0. The smallest absolute Gasteiger partial charge is 0.193 e. The molecule has 148 valence electrons. The molecule has 0 bridgehead atoms. The van der Waals surface area contributed by atoms with Gasteiger partial charge < -0.3 is 15.0 Å². The van der Waals surface area contributed by atoms with Gasteiger partial charge in [0.2, 0.25) is 0 Å². The third-order valence-corrected chi connectivity index (χ3v) is 7.53. The Kier molecular flexibility index (Phi) is 9.49. The van der Waals surface area contributed by atoms with Crippen LogP contribution in [0.5, 0.6) is 0 Å². The number of thiophene rings is 1. The second-order valence-corrected chi connectivity index (χ2v) is 9.05. The Morgan fingerprint density at radius 2 is 2.04 bits per heavy atom. The zero-order chi connectivity index (χ0) is 17.5. The average Bonchev–Trinajstić information content (AvgIpc) is 3.17. The van der Waals surface area contributed by atoms with Crippen molar-refractivity contribution in [1.29, 1.82) is 0 Å². The zero-order valence-electron chi connectivity index (χ0n) is 15.8. The minimum Gasteiger partial charge on any atom is -0.381 e. The predicted molar refractivity (Wildman–Crippen MR) is 124 cm³/mol. The molecule has 0 aliphatic carbocycles. The summed E-state index contributed by atoms with van der Waals surface area (Å²) in [6.07, 6.45) is 4.46. The Hall–Kier alpha value is -0.0300. The van der Waals surface area contributed by atoms with E-state index in [0.717, 1.165) is 71.3 Å². The molecule has 2 aliphatic heterocycles. The van der Waals surface area contributed by atoms with E-state index in [0.29, 0.717) is 0 Å². The molecule has 0 amide bonds. The van der Waals surface area contributed by atoms with E-state index in [1.165, 1.54) is 4.88 Å². The summed E-state index contributed by atoms with van der Waals surface area (Å²) in [6.45, 7) is 8.08. The van der Waals surface area contributed by atoms with Crippen molar-refractivity contribution in [3.63, 3.8) is 0 Å². The molecule has 3 rings (SSSR count). The molecule has 0 radical (unpaired) electrons. The Balaban J connectivity index is 0.00000243. The SMILES string of the molecule is CN=C(NCC1(SC)CCOCC1)N1CCN(Cc2cccs2)CC1.I. The first-order valence-corrected chi connectivity index (χ1v) is 11.2. The van der Waals surface area contributed by atoms with Crippen LogP contribution in [-0.4, -0.2) is 79.7 Å². The van der Waals surface area contributed by atoms with Crippen LogP contribution in [0, 0.1) is 0 Å². The van der Waals surface area contributed by atoms with E-state index in [-0.39, 0.29) is 28.7 Å². The summed E-state index contributed by atoms with van der Waals surface area (Å²) in [4.78, 5) is 10.9. The molecule has 2 saturated heterocycles. The van der Waals surface area contributed by atoms with Gasteiger partial charge in [0, 0.05) is 69.2 Å². The third kappa shape index (κ3) is 5.98. The molecular weight excluding hydrogens is 479 g/mol. The number of hydrogen-bond donors (Lipinski definition) is 1. The summed E-state index contributed by atoms with van der Waals surface area (Å²) in [5.74, 6) is 1.05. The summed E-state index contributed by atoms with van der Waals surface area (Å²) >= 11 is 3.82. The number of thioether (sulfide) groups is 1. The van der Waals surface area contributed by atoms with Gasteiger partial charge in [0.05, 0.1) is 0 Å². The molecule has 0 atom stereocenters. The number of halogens is 1. The summed E-state index contributed by atoms with van der Waals surface area (Å²) in [5.41, 5.74) is 0. The monoisotopic (exact) mass is 510 g/mol. The highest BCUT2D eigenvalue weighted by Crippen LogP contribution is 2.33. The number of rotatable bonds is 5. The number of piperazine rings is 1. The quantitative estimate of drug-likeness (QED) is 0.375. The van der Waals surface area contributed by atoms with E-state index in [4.69, 9.17) is 4.74 Å². The second-order valence-electron chi connectivity index (χ2n) is 6.74. The predicted octanol–water partition coefficient (Wildman–Crippen LogP) is 2.97. The highest BCUT2D eigenvalue weighted by molar-refractivity contribution is 14.0. The van der Waals surface area contributed by atoms with Crippen molar-refractivity contribution in [2.45, 2.75) is 24.1 Å². The van der Waals surface area contributed by atoms with Crippen LogP contribution >= 0.6 is 47.1 Å². The molecule has 1 aromatic heterocycles. The maximum atomic E-state index is 5.54. The highest BCUT2D eigenvalue weighted by atomic mass is 127. The summed E-state index contributed by atoms with van der Waals surface area (Å²) in [6, 6.07) is 4.37.